The maximum Gasteiger partial charge on any atom is 0.219 e. The van der Waals surface area contributed by atoms with Crippen LogP contribution in [0.5, 0.6) is 5.75 Å². The molecule has 0 aliphatic rings. The third-order valence-corrected chi connectivity index (χ3v) is 2.96. The number of ether oxygens (including phenoxy) is 1. The van der Waals surface area contributed by atoms with Crippen LogP contribution in [0.3, 0.4) is 0 Å². The van der Waals surface area contributed by atoms with Gasteiger partial charge in [-0.25, -0.2) is 0 Å². The molecular formula is C16H23N3O2. The normalized spacial score (nSPS) is 11.0. The number of benzene rings is 1. The average Bonchev–Trinajstić information content (AvgIpc) is 2.92. The summed E-state index contributed by atoms with van der Waals surface area (Å²) in [4.78, 5) is 0. The van der Waals surface area contributed by atoms with Gasteiger partial charge in [0.05, 0.1) is 13.0 Å². The first-order valence-electron chi connectivity index (χ1n) is 7.46. The van der Waals surface area contributed by atoms with Crippen molar-refractivity contribution in [2.45, 2.75) is 39.2 Å². The third kappa shape index (κ3) is 5.95. The van der Waals surface area contributed by atoms with E-state index in [0.29, 0.717) is 30.9 Å². The van der Waals surface area contributed by atoms with Crippen LogP contribution in [-0.4, -0.2) is 29.4 Å². The molecule has 0 radical (unpaired) electrons. The topological polar surface area (TPSA) is 60.2 Å². The molecule has 0 bridgehead atoms. The lowest BCUT2D eigenvalue weighted by Crippen LogP contribution is -2.23. The van der Waals surface area contributed by atoms with Gasteiger partial charge in [0.2, 0.25) is 11.8 Å². The van der Waals surface area contributed by atoms with Crippen molar-refractivity contribution in [3.8, 4) is 5.75 Å². The van der Waals surface area contributed by atoms with Gasteiger partial charge in [0.25, 0.3) is 0 Å². The molecule has 1 N–H and O–H groups in total. The molecule has 0 spiro atoms. The minimum Gasteiger partial charge on any atom is -0.493 e. The smallest absolute Gasteiger partial charge is 0.219 e. The molecule has 0 atom stereocenters. The Morgan fingerprint density at radius 1 is 1.10 bits per heavy atom. The van der Waals surface area contributed by atoms with Crippen LogP contribution >= 0.6 is 0 Å². The fourth-order valence-corrected chi connectivity index (χ4v) is 1.89. The van der Waals surface area contributed by atoms with Gasteiger partial charge in [-0.05, 0) is 25.1 Å². The average molecular weight is 289 g/mol. The largest absolute Gasteiger partial charge is 0.493 e. The first-order chi connectivity index (χ1) is 10.2. The number of aromatic nitrogens is 2. The van der Waals surface area contributed by atoms with Crippen LogP contribution in [0, 0.1) is 0 Å². The van der Waals surface area contributed by atoms with E-state index in [0.717, 1.165) is 25.1 Å². The van der Waals surface area contributed by atoms with E-state index in [9.17, 15) is 0 Å². The molecule has 2 rings (SSSR count). The number of para-hydroxylation sites is 1. The van der Waals surface area contributed by atoms with Crippen LogP contribution in [0.15, 0.2) is 34.7 Å². The summed E-state index contributed by atoms with van der Waals surface area (Å²) in [6, 6.07) is 10.2. The predicted octanol–water partition coefficient (Wildman–Crippen LogP) is 2.62. The van der Waals surface area contributed by atoms with Crippen LogP contribution in [0.2, 0.25) is 0 Å². The zero-order valence-electron chi connectivity index (χ0n) is 12.7. The van der Waals surface area contributed by atoms with Gasteiger partial charge in [-0.15, -0.1) is 10.2 Å². The molecule has 0 aliphatic heterocycles. The molecule has 0 saturated heterocycles. The van der Waals surface area contributed by atoms with Gasteiger partial charge < -0.3 is 14.5 Å². The molecule has 1 aromatic heterocycles. The van der Waals surface area contributed by atoms with Crippen molar-refractivity contribution in [3.05, 3.63) is 42.1 Å². The van der Waals surface area contributed by atoms with Gasteiger partial charge >= 0.3 is 0 Å². The van der Waals surface area contributed by atoms with E-state index in [2.05, 4.69) is 29.4 Å². The molecule has 0 fully saturated rings. The molecule has 1 heterocycles. The lowest BCUT2D eigenvalue weighted by Gasteiger charge is -2.05. The Bertz CT molecular complexity index is 511. The van der Waals surface area contributed by atoms with E-state index in [1.807, 2.05) is 30.3 Å². The number of hydrogen-bond acceptors (Lipinski definition) is 5. The summed E-state index contributed by atoms with van der Waals surface area (Å²) in [6.45, 7) is 5.78. The van der Waals surface area contributed by atoms with E-state index in [-0.39, 0.29) is 0 Å². The van der Waals surface area contributed by atoms with Crippen LogP contribution in [-0.2, 0) is 12.8 Å². The van der Waals surface area contributed by atoms with Crippen molar-refractivity contribution < 1.29 is 9.15 Å². The summed E-state index contributed by atoms with van der Waals surface area (Å²) in [5, 5.41) is 11.5. The SMILES string of the molecule is CC(C)NCCCc1nnc(CCOc2ccccc2)o1. The number of nitrogens with zero attached hydrogens (tertiary/aromatic N) is 2. The molecule has 0 amide bonds. The first kappa shape index (κ1) is 15.5. The quantitative estimate of drug-likeness (QED) is 0.719. The summed E-state index contributed by atoms with van der Waals surface area (Å²) >= 11 is 0. The lowest BCUT2D eigenvalue weighted by atomic mass is 10.3. The molecule has 2 aromatic rings. The highest BCUT2D eigenvalue weighted by Gasteiger charge is 2.06. The van der Waals surface area contributed by atoms with Gasteiger partial charge in [-0.3, -0.25) is 0 Å². The molecule has 21 heavy (non-hydrogen) atoms. The maximum absolute atomic E-state index is 5.61. The minimum atomic E-state index is 0.512. The molecule has 0 saturated carbocycles. The Hall–Kier alpha value is -1.88. The van der Waals surface area contributed by atoms with E-state index >= 15 is 0 Å². The van der Waals surface area contributed by atoms with Crippen LogP contribution in [0.25, 0.3) is 0 Å². The standard InChI is InChI=1S/C16H23N3O2/c1-13(2)17-11-6-9-15-18-19-16(21-15)10-12-20-14-7-4-3-5-8-14/h3-5,7-8,13,17H,6,9-12H2,1-2H3. The molecule has 0 unspecified atom stereocenters. The van der Waals surface area contributed by atoms with Gasteiger partial charge in [-0.1, -0.05) is 32.0 Å². The van der Waals surface area contributed by atoms with Gasteiger partial charge in [0, 0.05) is 12.5 Å². The highest BCUT2D eigenvalue weighted by atomic mass is 16.5. The fraction of sp³-hybridized carbons (Fsp3) is 0.500. The number of rotatable bonds is 9. The van der Waals surface area contributed by atoms with Crippen molar-refractivity contribution in [2.75, 3.05) is 13.2 Å². The minimum absolute atomic E-state index is 0.512. The zero-order valence-corrected chi connectivity index (χ0v) is 12.7. The highest BCUT2D eigenvalue weighted by molar-refractivity contribution is 5.20. The summed E-state index contributed by atoms with van der Waals surface area (Å²) in [5.41, 5.74) is 0. The Morgan fingerprint density at radius 3 is 2.52 bits per heavy atom. The van der Waals surface area contributed by atoms with Crippen LogP contribution in [0.1, 0.15) is 32.0 Å². The van der Waals surface area contributed by atoms with Crippen LogP contribution in [0.4, 0.5) is 0 Å². The van der Waals surface area contributed by atoms with Crippen molar-refractivity contribution in [1.82, 2.24) is 15.5 Å². The molecule has 5 nitrogen and oxygen atoms in total. The zero-order chi connectivity index (χ0) is 14.9. The second kappa shape index (κ2) is 8.42. The molecule has 5 heteroatoms. The van der Waals surface area contributed by atoms with E-state index in [1.165, 1.54) is 0 Å². The lowest BCUT2D eigenvalue weighted by molar-refractivity contribution is 0.303. The molecule has 1 aromatic carbocycles. The predicted molar refractivity (Wildman–Crippen MR) is 81.4 cm³/mol. The number of hydrogen-bond donors (Lipinski definition) is 1. The number of aryl methyl sites for hydroxylation is 1. The second-order valence-electron chi connectivity index (χ2n) is 5.21. The summed E-state index contributed by atoms with van der Waals surface area (Å²) in [6.07, 6.45) is 2.44. The number of nitrogens with one attached hydrogen (secondary N) is 1. The van der Waals surface area contributed by atoms with Gasteiger partial charge in [0.1, 0.15) is 5.75 Å². The Kier molecular flexibility index (Phi) is 6.22. The molecule has 0 aliphatic carbocycles. The van der Waals surface area contributed by atoms with Crippen LogP contribution < -0.4 is 10.1 Å². The molecule has 114 valence electrons. The summed E-state index contributed by atoms with van der Waals surface area (Å²) in [5.74, 6) is 2.20. The monoisotopic (exact) mass is 289 g/mol. The Balaban J connectivity index is 1.66. The third-order valence-electron chi connectivity index (χ3n) is 2.96. The molecular weight excluding hydrogens is 266 g/mol. The van der Waals surface area contributed by atoms with E-state index in [4.69, 9.17) is 9.15 Å². The van der Waals surface area contributed by atoms with Crippen molar-refractivity contribution >= 4 is 0 Å². The maximum atomic E-state index is 5.61. The van der Waals surface area contributed by atoms with Crippen molar-refractivity contribution in [1.29, 1.82) is 0 Å². The van der Waals surface area contributed by atoms with Crippen molar-refractivity contribution in [2.24, 2.45) is 0 Å². The van der Waals surface area contributed by atoms with Gasteiger partial charge in [0.15, 0.2) is 0 Å². The summed E-state index contributed by atoms with van der Waals surface area (Å²) < 4.78 is 11.2. The highest BCUT2D eigenvalue weighted by Crippen LogP contribution is 2.09. The first-order valence-corrected chi connectivity index (χ1v) is 7.46. The second-order valence-corrected chi connectivity index (χ2v) is 5.21. The Morgan fingerprint density at radius 2 is 1.81 bits per heavy atom. The fourth-order valence-electron chi connectivity index (χ4n) is 1.89. The van der Waals surface area contributed by atoms with E-state index < -0.39 is 0 Å². The van der Waals surface area contributed by atoms with Crippen molar-refractivity contribution in [3.63, 3.8) is 0 Å². The Labute approximate surface area is 125 Å². The van der Waals surface area contributed by atoms with Gasteiger partial charge in [-0.2, -0.15) is 0 Å². The van der Waals surface area contributed by atoms with E-state index in [1.54, 1.807) is 0 Å². The summed E-state index contributed by atoms with van der Waals surface area (Å²) in [7, 11) is 0.